The van der Waals surface area contributed by atoms with Crippen LogP contribution in [0, 0.1) is 0 Å². The quantitative estimate of drug-likeness (QED) is 0.761. The van der Waals surface area contributed by atoms with Crippen LogP contribution in [-0.4, -0.2) is 107 Å². The lowest BCUT2D eigenvalue weighted by Gasteiger charge is -2.42. The van der Waals surface area contributed by atoms with Crippen molar-refractivity contribution in [2.24, 2.45) is 0 Å². The Morgan fingerprint density at radius 3 is 2.83 bits per heavy atom. The number of hydrogen-bond donors (Lipinski definition) is 1. The Morgan fingerprint density at radius 2 is 2.12 bits per heavy atom. The average Bonchev–Trinajstić information content (AvgIpc) is 3.03. The van der Waals surface area contributed by atoms with Crippen LogP contribution >= 0.6 is 0 Å². The number of hydrogen-bond acceptors (Lipinski definition) is 6. The van der Waals surface area contributed by atoms with E-state index in [9.17, 15) is 5.11 Å². The van der Waals surface area contributed by atoms with Crippen LogP contribution in [-0.2, 0) is 11.3 Å². The second-order valence-corrected chi connectivity index (χ2v) is 7.24. The number of aliphatic hydroxyl groups excluding tert-OH is 1. The normalized spacial score (nSPS) is 29.0. The van der Waals surface area contributed by atoms with Crippen LogP contribution in [0.5, 0.6) is 0 Å². The fourth-order valence-corrected chi connectivity index (χ4v) is 3.73. The molecule has 0 unspecified atom stereocenters. The predicted octanol–water partition coefficient (Wildman–Crippen LogP) is -0.419. The topological polar surface area (TPSA) is 57.0 Å². The minimum atomic E-state index is -0.380. The minimum Gasteiger partial charge on any atom is -0.390 e. The number of aliphatic hydroxyl groups is 1. The maximum atomic E-state index is 10.3. The number of aromatic nitrogens is 2. The molecule has 0 saturated carbocycles. The number of ether oxygens (including phenoxy) is 1. The second kappa shape index (κ2) is 8.40. The summed E-state index contributed by atoms with van der Waals surface area (Å²) in [6.07, 6.45) is 3.59. The Kier molecular flexibility index (Phi) is 6.24. The van der Waals surface area contributed by atoms with E-state index in [0.29, 0.717) is 25.2 Å². The number of piperazine rings is 1. The molecule has 0 radical (unpaired) electrons. The lowest BCUT2D eigenvalue weighted by Crippen LogP contribution is -2.56. The molecule has 3 rings (SSSR count). The largest absolute Gasteiger partial charge is 0.390 e. The Labute approximate surface area is 144 Å². The molecule has 7 nitrogen and oxygen atoms in total. The molecular formula is C17H31N5O2. The Balaban J connectivity index is 1.41. The summed E-state index contributed by atoms with van der Waals surface area (Å²) < 4.78 is 7.68. The summed E-state index contributed by atoms with van der Waals surface area (Å²) in [4.78, 5) is 7.24. The molecule has 1 N–H and O–H groups in total. The molecule has 0 aromatic carbocycles. The van der Waals surface area contributed by atoms with E-state index >= 15 is 0 Å². The summed E-state index contributed by atoms with van der Waals surface area (Å²) >= 11 is 0. The molecule has 2 aliphatic rings. The van der Waals surface area contributed by atoms with Gasteiger partial charge < -0.3 is 14.7 Å². The molecule has 2 aliphatic heterocycles. The van der Waals surface area contributed by atoms with E-state index in [1.807, 2.05) is 12.3 Å². The van der Waals surface area contributed by atoms with Gasteiger partial charge in [0.15, 0.2) is 0 Å². The van der Waals surface area contributed by atoms with Gasteiger partial charge in [-0.15, -0.1) is 0 Å². The zero-order valence-corrected chi connectivity index (χ0v) is 14.9. The molecule has 0 bridgehead atoms. The van der Waals surface area contributed by atoms with Crippen molar-refractivity contribution in [3.05, 3.63) is 18.5 Å². The van der Waals surface area contributed by atoms with Gasteiger partial charge >= 0.3 is 0 Å². The highest BCUT2D eigenvalue weighted by atomic mass is 16.5. The fraction of sp³-hybridized carbons (Fsp3) is 0.824. The molecule has 7 heteroatoms. The van der Waals surface area contributed by atoms with Gasteiger partial charge in [0, 0.05) is 64.2 Å². The Bertz CT molecular complexity index is 483. The van der Waals surface area contributed by atoms with Crippen molar-refractivity contribution >= 4 is 0 Å². The highest BCUT2D eigenvalue weighted by Gasteiger charge is 2.28. The number of rotatable bonds is 6. The van der Waals surface area contributed by atoms with E-state index in [1.165, 1.54) is 0 Å². The van der Waals surface area contributed by atoms with Crippen molar-refractivity contribution in [3.63, 3.8) is 0 Å². The van der Waals surface area contributed by atoms with Crippen molar-refractivity contribution in [1.82, 2.24) is 24.5 Å². The average molecular weight is 337 g/mol. The maximum absolute atomic E-state index is 10.3. The number of nitrogens with zero attached hydrogens (tertiary/aromatic N) is 5. The molecule has 1 aromatic rings. The Morgan fingerprint density at radius 1 is 1.25 bits per heavy atom. The van der Waals surface area contributed by atoms with Gasteiger partial charge in [0.1, 0.15) is 0 Å². The molecular weight excluding hydrogens is 306 g/mol. The summed E-state index contributed by atoms with van der Waals surface area (Å²) in [6, 6.07) is 2.34. The molecule has 0 aliphatic carbocycles. The van der Waals surface area contributed by atoms with Crippen LogP contribution < -0.4 is 0 Å². The van der Waals surface area contributed by atoms with E-state index in [2.05, 4.69) is 33.8 Å². The van der Waals surface area contributed by atoms with Gasteiger partial charge in [-0.25, -0.2) is 0 Å². The summed E-state index contributed by atoms with van der Waals surface area (Å²) in [5, 5.41) is 14.5. The van der Waals surface area contributed by atoms with Gasteiger partial charge in [-0.2, -0.15) is 5.10 Å². The first-order valence-electron chi connectivity index (χ1n) is 9.02. The number of morpholine rings is 1. The summed E-state index contributed by atoms with van der Waals surface area (Å²) in [5.41, 5.74) is 0. The van der Waals surface area contributed by atoms with Crippen molar-refractivity contribution < 1.29 is 9.84 Å². The van der Waals surface area contributed by atoms with Gasteiger partial charge in [-0.05, 0) is 20.0 Å². The van der Waals surface area contributed by atoms with Gasteiger partial charge in [0.2, 0.25) is 0 Å². The van der Waals surface area contributed by atoms with Crippen LogP contribution in [0.3, 0.4) is 0 Å². The standard InChI is InChI=1S/C17H31N5O2/c1-15-10-20(14-17-13-19(2)8-9-24-17)6-7-21(15)11-16(23)12-22-5-3-4-18-22/h3-5,15-17,23H,6-14H2,1-2H3/t15-,16-,17+/m1/s1. The zero-order valence-electron chi connectivity index (χ0n) is 14.9. The molecule has 2 fully saturated rings. The number of β-amino-alcohol motifs (C(OH)–C–C–N with tert-alkyl or cyclic N) is 1. The first kappa shape index (κ1) is 17.8. The molecule has 3 atom stereocenters. The predicted molar refractivity (Wildman–Crippen MR) is 92.9 cm³/mol. The first-order chi connectivity index (χ1) is 11.6. The third-order valence-corrected chi connectivity index (χ3v) is 5.06. The molecule has 2 saturated heterocycles. The van der Waals surface area contributed by atoms with Crippen LogP contribution in [0.2, 0.25) is 0 Å². The van der Waals surface area contributed by atoms with Crippen molar-refractivity contribution in [1.29, 1.82) is 0 Å². The van der Waals surface area contributed by atoms with Crippen molar-refractivity contribution in [2.45, 2.75) is 31.7 Å². The molecule has 1 aromatic heterocycles. The van der Waals surface area contributed by atoms with E-state index < -0.39 is 0 Å². The van der Waals surface area contributed by atoms with Gasteiger partial charge in [0.25, 0.3) is 0 Å². The monoisotopic (exact) mass is 337 g/mol. The molecule has 3 heterocycles. The molecule has 24 heavy (non-hydrogen) atoms. The van der Waals surface area contributed by atoms with Gasteiger partial charge in [-0.3, -0.25) is 14.5 Å². The van der Waals surface area contributed by atoms with Gasteiger partial charge in [-0.1, -0.05) is 0 Å². The summed E-state index contributed by atoms with van der Waals surface area (Å²) in [7, 11) is 2.16. The van der Waals surface area contributed by atoms with E-state index in [-0.39, 0.29) is 6.10 Å². The van der Waals surface area contributed by atoms with Crippen molar-refractivity contribution in [3.8, 4) is 0 Å². The number of likely N-dealkylation sites (N-methyl/N-ethyl adjacent to an activating group) is 1. The molecule has 0 amide bonds. The second-order valence-electron chi connectivity index (χ2n) is 7.24. The maximum Gasteiger partial charge on any atom is 0.0862 e. The lowest BCUT2D eigenvalue weighted by atomic mass is 10.1. The highest BCUT2D eigenvalue weighted by molar-refractivity contribution is 4.84. The Hall–Kier alpha value is -0.990. The van der Waals surface area contributed by atoms with Crippen LogP contribution in [0.1, 0.15) is 6.92 Å². The van der Waals surface area contributed by atoms with E-state index in [0.717, 1.165) is 45.9 Å². The zero-order chi connectivity index (χ0) is 16.9. The summed E-state index contributed by atoms with van der Waals surface area (Å²) in [6.45, 7) is 10.5. The first-order valence-corrected chi connectivity index (χ1v) is 9.02. The van der Waals surface area contributed by atoms with Crippen LogP contribution in [0.4, 0.5) is 0 Å². The van der Waals surface area contributed by atoms with Crippen molar-refractivity contribution in [2.75, 3.05) is 59.5 Å². The van der Waals surface area contributed by atoms with Gasteiger partial charge in [0.05, 0.1) is 25.4 Å². The smallest absolute Gasteiger partial charge is 0.0862 e. The van der Waals surface area contributed by atoms with Crippen LogP contribution in [0.25, 0.3) is 0 Å². The molecule has 0 spiro atoms. The third-order valence-electron chi connectivity index (χ3n) is 5.06. The molecule has 136 valence electrons. The third kappa shape index (κ3) is 5.00. The lowest BCUT2D eigenvalue weighted by molar-refractivity contribution is -0.0482. The fourth-order valence-electron chi connectivity index (χ4n) is 3.73. The SMILES string of the molecule is C[C@@H]1CN(C[C@@H]2CN(C)CCO2)CCN1C[C@@H](O)Cn1cccn1. The highest BCUT2D eigenvalue weighted by Crippen LogP contribution is 2.13. The van der Waals surface area contributed by atoms with E-state index in [4.69, 9.17) is 4.74 Å². The summed E-state index contributed by atoms with van der Waals surface area (Å²) in [5.74, 6) is 0. The van der Waals surface area contributed by atoms with E-state index in [1.54, 1.807) is 10.9 Å². The minimum absolute atomic E-state index is 0.327. The van der Waals surface area contributed by atoms with Crippen LogP contribution in [0.15, 0.2) is 18.5 Å².